The number of ketones is 1. The van der Waals surface area contributed by atoms with E-state index in [1.54, 1.807) is 0 Å². The zero-order valence-electron chi connectivity index (χ0n) is 22.7. The number of rotatable bonds is 5. The molecule has 0 N–H and O–H groups in total. The Hall–Kier alpha value is -1.63. The molecular weight excluding hydrogens is 458 g/mol. The van der Waals surface area contributed by atoms with Gasteiger partial charge in [0, 0.05) is 22.7 Å². The molecule has 0 aromatic rings. The normalized spacial score (nSPS) is 46.4. The molecule has 4 saturated carbocycles. The van der Waals surface area contributed by atoms with Crippen molar-refractivity contribution in [3.8, 4) is 0 Å². The maximum absolute atomic E-state index is 13.6. The van der Waals surface area contributed by atoms with Gasteiger partial charge in [-0.2, -0.15) is 0 Å². The first kappa shape index (κ1) is 26.0. The number of carbonyl (C=O) groups excluding carboxylic acids is 2. The molecule has 5 rings (SSSR count). The van der Waals surface area contributed by atoms with Crippen molar-refractivity contribution in [2.45, 2.75) is 123 Å². The summed E-state index contributed by atoms with van der Waals surface area (Å²) in [5.74, 6) is 0.510. The molecule has 0 spiro atoms. The molecule has 4 aliphatic carbocycles. The summed E-state index contributed by atoms with van der Waals surface area (Å²) in [4.78, 5) is 29.6. The van der Waals surface area contributed by atoms with Gasteiger partial charge in [0.15, 0.2) is 5.79 Å². The van der Waals surface area contributed by atoms with E-state index < -0.39 is 17.8 Å². The number of nitrogens with zero attached hydrogens (tertiary/aromatic N) is 3. The van der Waals surface area contributed by atoms with Crippen molar-refractivity contribution < 1.29 is 23.8 Å². The molecule has 0 bridgehead atoms. The van der Waals surface area contributed by atoms with E-state index in [1.807, 2.05) is 27.7 Å². The van der Waals surface area contributed by atoms with Gasteiger partial charge in [0.1, 0.15) is 17.9 Å². The van der Waals surface area contributed by atoms with E-state index in [9.17, 15) is 9.59 Å². The second kappa shape index (κ2) is 8.99. The lowest BCUT2D eigenvalue weighted by atomic mass is 9.44. The molecule has 1 heterocycles. The highest BCUT2D eigenvalue weighted by Gasteiger charge is 2.65. The zero-order valence-corrected chi connectivity index (χ0v) is 22.7. The van der Waals surface area contributed by atoms with Crippen molar-refractivity contribution in [2.75, 3.05) is 0 Å². The molecule has 0 amide bonds. The van der Waals surface area contributed by atoms with Crippen LogP contribution in [0.5, 0.6) is 0 Å². The molecule has 200 valence electrons. The third-order valence-corrected chi connectivity index (χ3v) is 11.1. The minimum absolute atomic E-state index is 0.0113. The van der Waals surface area contributed by atoms with E-state index in [1.165, 1.54) is 0 Å². The van der Waals surface area contributed by atoms with Gasteiger partial charge in [-0.25, -0.2) is 0 Å². The van der Waals surface area contributed by atoms with Crippen LogP contribution >= 0.6 is 0 Å². The van der Waals surface area contributed by atoms with Gasteiger partial charge in [0.05, 0.1) is 12.2 Å². The lowest BCUT2D eigenvalue weighted by molar-refractivity contribution is -0.174. The number of ether oxygens (including phenoxy) is 3. The van der Waals surface area contributed by atoms with Crippen LogP contribution < -0.4 is 0 Å². The second-order valence-electron chi connectivity index (χ2n) is 13.3. The van der Waals surface area contributed by atoms with Crippen molar-refractivity contribution >= 4 is 11.8 Å². The molecule has 0 unspecified atom stereocenters. The fraction of sp³-hybridized carbons (Fsp3) is 0.929. The smallest absolute Gasteiger partial charge is 0.315 e. The monoisotopic (exact) mass is 501 g/mol. The summed E-state index contributed by atoms with van der Waals surface area (Å²) >= 11 is 0. The Labute approximate surface area is 214 Å². The first-order chi connectivity index (χ1) is 16.9. The Kier molecular flexibility index (Phi) is 6.49. The van der Waals surface area contributed by atoms with Crippen LogP contribution in [0.25, 0.3) is 10.4 Å². The minimum atomic E-state index is -0.789. The highest BCUT2D eigenvalue weighted by atomic mass is 16.7. The van der Waals surface area contributed by atoms with E-state index in [-0.39, 0.29) is 41.0 Å². The Balaban J connectivity index is 1.35. The second-order valence-corrected chi connectivity index (χ2v) is 13.3. The minimum Gasteiger partial charge on any atom is -0.461 e. The van der Waals surface area contributed by atoms with Gasteiger partial charge in [0.2, 0.25) is 0 Å². The Morgan fingerprint density at radius 3 is 2.53 bits per heavy atom. The van der Waals surface area contributed by atoms with Gasteiger partial charge < -0.3 is 14.2 Å². The maximum atomic E-state index is 13.6. The summed E-state index contributed by atoms with van der Waals surface area (Å²) in [5.41, 5.74) is 8.76. The topological polar surface area (TPSA) is 111 Å². The number of esters is 1. The summed E-state index contributed by atoms with van der Waals surface area (Å²) in [6.45, 7) is 12.4. The van der Waals surface area contributed by atoms with Gasteiger partial charge in [-0.15, -0.1) is 0 Å². The molecule has 5 aliphatic rings. The van der Waals surface area contributed by atoms with Crippen LogP contribution in [0.2, 0.25) is 0 Å². The first-order valence-electron chi connectivity index (χ1n) is 14.1. The van der Waals surface area contributed by atoms with Gasteiger partial charge in [-0.3, -0.25) is 9.59 Å². The SMILES string of the molecule is CC[C@@H](C)[C@@H](N=[N+]=[N-])C(=O)O[C@H]1CC[C@H]2[C@@H]3CC(=O)[C@H]4C[C@@H]5OC(C)(C)O[C@@H]5C[C@]4(C)[C@H]3CC[C@]12C. The van der Waals surface area contributed by atoms with E-state index >= 15 is 0 Å². The third kappa shape index (κ3) is 3.99. The van der Waals surface area contributed by atoms with Crippen LogP contribution in [0.4, 0.5) is 0 Å². The quantitative estimate of drug-likeness (QED) is 0.199. The summed E-state index contributed by atoms with van der Waals surface area (Å²) in [6.07, 6.45) is 6.69. The number of carbonyl (C=O) groups is 2. The summed E-state index contributed by atoms with van der Waals surface area (Å²) in [7, 11) is 0. The molecule has 8 heteroatoms. The molecule has 1 aliphatic heterocycles. The van der Waals surface area contributed by atoms with Crippen molar-refractivity contribution in [2.24, 2.45) is 45.5 Å². The maximum Gasteiger partial charge on any atom is 0.315 e. The molecular formula is C28H43N3O5. The van der Waals surface area contributed by atoms with Crippen LogP contribution in [-0.2, 0) is 23.8 Å². The van der Waals surface area contributed by atoms with Crippen molar-refractivity contribution in [3.05, 3.63) is 10.4 Å². The standard InChI is InChI=1S/C28H43N3O5/c1-7-15(2)24(30-31-29)25(33)34-23-9-8-17-16-12-20(32)19-13-21-22(36-26(3,4)35-21)14-28(19,6)18(16)10-11-27(17,23)5/h15-19,21-24H,7-14H2,1-6H3/t15-,16+,17+,18+,19-,21+,22-,23+,24-,27+,28-/m1/s1. The van der Waals surface area contributed by atoms with E-state index in [0.717, 1.165) is 44.9 Å². The fourth-order valence-corrected chi connectivity index (χ4v) is 9.06. The number of hydrogen-bond acceptors (Lipinski definition) is 6. The van der Waals surface area contributed by atoms with Gasteiger partial charge in [-0.1, -0.05) is 39.2 Å². The van der Waals surface area contributed by atoms with Crippen molar-refractivity contribution in [1.82, 2.24) is 0 Å². The van der Waals surface area contributed by atoms with Crippen LogP contribution in [0.1, 0.15) is 92.9 Å². The van der Waals surface area contributed by atoms with Crippen LogP contribution in [0, 0.1) is 40.4 Å². The van der Waals surface area contributed by atoms with Crippen molar-refractivity contribution in [3.63, 3.8) is 0 Å². The Morgan fingerprint density at radius 1 is 1.14 bits per heavy atom. The molecule has 0 radical (unpaired) electrons. The zero-order chi connectivity index (χ0) is 26.0. The lowest BCUT2D eigenvalue weighted by Gasteiger charge is -2.60. The molecule has 1 saturated heterocycles. The van der Waals surface area contributed by atoms with Crippen LogP contribution in [0.15, 0.2) is 5.11 Å². The highest BCUT2D eigenvalue weighted by Crippen LogP contribution is 2.66. The van der Waals surface area contributed by atoms with Gasteiger partial charge in [0.25, 0.3) is 0 Å². The molecule has 0 aromatic heterocycles. The molecule has 0 aromatic carbocycles. The lowest BCUT2D eigenvalue weighted by Crippen LogP contribution is -2.59. The van der Waals surface area contributed by atoms with Crippen molar-refractivity contribution in [1.29, 1.82) is 0 Å². The molecule has 11 atom stereocenters. The largest absolute Gasteiger partial charge is 0.461 e. The predicted octanol–water partition coefficient (Wildman–Crippen LogP) is 5.97. The van der Waals surface area contributed by atoms with E-state index in [4.69, 9.17) is 19.7 Å². The highest BCUT2D eigenvalue weighted by molar-refractivity contribution is 5.83. The number of hydrogen-bond donors (Lipinski definition) is 0. The summed E-state index contributed by atoms with van der Waals surface area (Å²) < 4.78 is 18.6. The fourth-order valence-electron chi connectivity index (χ4n) is 9.06. The van der Waals surface area contributed by atoms with Gasteiger partial charge in [-0.05, 0) is 87.0 Å². The van der Waals surface area contributed by atoms with E-state index in [2.05, 4.69) is 23.9 Å². The molecule has 8 nitrogen and oxygen atoms in total. The predicted molar refractivity (Wildman–Crippen MR) is 134 cm³/mol. The van der Waals surface area contributed by atoms with Crippen LogP contribution in [0.3, 0.4) is 0 Å². The average molecular weight is 502 g/mol. The average Bonchev–Trinajstić information content (AvgIpc) is 3.29. The molecule has 5 fully saturated rings. The number of fused-ring (bicyclic) bond motifs is 6. The Morgan fingerprint density at radius 2 is 1.83 bits per heavy atom. The summed E-state index contributed by atoms with van der Waals surface area (Å²) in [6, 6.07) is -0.789. The van der Waals surface area contributed by atoms with Gasteiger partial charge >= 0.3 is 5.97 Å². The molecule has 36 heavy (non-hydrogen) atoms. The number of azide groups is 1. The van der Waals surface area contributed by atoms with E-state index in [0.29, 0.717) is 30.0 Å². The third-order valence-electron chi connectivity index (χ3n) is 11.1. The number of Topliss-reactive ketones (excluding diaryl/α,β-unsaturated/α-hetero) is 1. The Bertz CT molecular complexity index is 963. The summed E-state index contributed by atoms with van der Waals surface area (Å²) in [5, 5.41) is 3.77. The first-order valence-corrected chi connectivity index (χ1v) is 14.1. The van der Waals surface area contributed by atoms with Crippen LogP contribution in [-0.4, -0.2) is 41.9 Å².